The zero-order chi connectivity index (χ0) is 11.8. The average Bonchev–Trinajstić information content (AvgIpc) is 2.57. The SMILES string of the molecule is N=Cc1cc2cc(OC(F)(F)F)ccc2o1. The Labute approximate surface area is 87.9 Å². The quantitative estimate of drug-likeness (QED) is 0.803. The van der Waals surface area contributed by atoms with E-state index >= 15 is 0 Å². The lowest BCUT2D eigenvalue weighted by Crippen LogP contribution is -2.16. The largest absolute Gasteiger partial charge is 0.573 e. The molecule has 0 aliphatic heterocycles. The first kappa shape index (κ1) is 10.5. The highest BCUT2D eigenvalue weighted by Crippen LogP contribution is 2.27. The van der Waals surface area contributed by atoms with Crippen molar-refractivity contribution < 1.29 is 22.3 Å². The van der Waals surface area contributed by atoms with Crippen LogP contribution in [0.5, 0.6) is 5.75 Å². The van der Waals surface area contributed by atoms with E-state index in [0.29, 0.717) is 11.0 Å². The lowest BCUT2D eigenvalue weighted by Gasteiger charge is -2.07. The molecule has 6 heteroatoms. The second-order valence-corrected chi connectivity index (χ2v) is 3.04. The molecule has 2 aromatic rings. The van der Waals surface area contributed by atoms with Crippen LogP contribution in [0.15, 0.2) is 28.7 Å². The minimum atomic E-state index is -4.71. The highest BCUT2D eigenvalue weighted by Gasteiger charge is 2.31. The third-order valence-electron chi connectivity index (χ3n) is 1.88. The fraction of sp³-hybridized carbons (Fsp3) is 0.100. The first-order chi connectivity index (χ1) is 7.48. The summed E-state index contributed by atoms with van der Waals surface area (Å²) in [5, 5.41) is 7.40. The summed E-state index contributed by atoms with van der Waals surface area (Å²) >= 11 is 0. The second kappa shape index (κ2) is 3.55. The van der Waals surface area contributed by atoms with Crippen LogP contribution in [0.2, 0.25) is 0 Å². The standard InChI is InChI=1S/C10H6F3NO2/c11-10(12,13)16-7-1-2-9-6(3-7)4-8(5-14)15-9/h1-5,14H. The van der Waals surface area contributed by atoms with E-state index in [1.54, 1.807) is 0 Å². The first-order valence-electron chi connectivity index (χ1n) is 4.28. The number of hydrogen-bond donors (Lipinski definition) is 1. The number of fused-ring (bicyclic) bond motifs is 1. The lowest BCUT2D eigenvalue weighted by atomic mass is 10.2. The number of ether oxygens (including phenoxy) is 1. The molecule has 0 amide bonds. The van der Waals surface area contributed by atoms with Gasteiger partial charge in [-0.25, -0.2) is 0 Å². The molecule has 0 unspecified atom stereocenters. The summed E-state index contributed by atoms with van der Waals surface area (Å²) in [5.41, 5.74) is 0.410. The van der Waals surface area contributed by atoms with Crippen molar-refractivity contribution >= 4 is 17.2 Å². The molecule has 0 saturated heterocycles. The van der Waals surface area contributed by atoms with Crippen molar-refractivity contribution in [2.45, 2.75) is 6.36 Å². The zero-order valence-electron chi connectivity index (χ0n) is 7.84. The van der Waals surface area contributed by atoms with Gasteiger partial charge < -0.3 is 14.6 Å². The Hall–Kier alpha value is -1.98. The molecule has 84 valence electrons. The molecule has 0 spiro atoms. The number of benzene rings is 1. The molecule has 0 saturated carbocycles. The topological polar surface area (TPSA) is 46.2 Å². The van der Waals surface area contributed by atoms with Gasteiger partial charge in [-0.15, -0.1) is 13.2 Å². The van der Waals surface area contributed by atoms with Gasteiger partial charge in [0.05, 0.1) is 6.21 Å². The van der Waals surface area contributed by atoms with Gasteiger partial charge in [-0.2, -0.15) is 0 Å². The van der Waals surface area contributed by atoms with Crippen molar-refractivity contribution in [3.63, 3.8) is 0 Å². The molecule has 0 aliphatic carbocycles. The summed E-state index contributed by atoms with van der Waals surface area (Å²) in [4.78, 5) is 0. The molecule has 1 aromatic carbocycles. The highest BCUT2D eigenvalue weighted by molar-refractivity contribution is 5.86. The van der Waals surface area contributed by atoms with Crippen molar-refractivity contribution in [1.29, 1.82) is 5.41 Å². The number of rotatable bonds is 2. The molecule has 3 nitrogen and oxygen atoms in total. The Morgan fingerprint density at radius 3 is 2.62 bits per heavy atom. The third-order valence-corrected chi connectivity index (χ3v) is 1.88. The number of furan rings is 1. The molecule has 0 aliphatic rings. The lowest BCUT2D eigenvalue weighted by molar-refractivity contribution is -0.274. The highest BCUT2D eigenvalue weighted by atomic mass is 19.4. The van der Waals surface area contributed by atoms with Crippen LogP contribution in [0.25, 0.3) is 11.0 Å². The van der Waals surface area contributed by atoms with E-state index in [0.717, 1.165) is 12.3 Å². The summed E-state index contributed by atoms with van der Waals surface area (Å²) in [5.74, 6) is -0.0310. The van der Waals surface area contributed by atoms with Gasteiger partial charge in [0.25, 0.3) is 0 Å². The van der Waals surface area contributed by atoms with Crippen LogP contribution in [0.1, 0.15) is 5.76 Å². The Morgan fingerprint density at radius 1 is 1.25 bits per heavy atom. The molecular formula is C10H6F3NO2. The molecule has 0 radical (unpaired) electrons. The van der Waals surface area contributed by atoms with E-state index in [4.69, 9.17) is 9.83 Å². The molecule has 16 heavy (non-hydrogen) atoms. The summed E-state index contributed by atoms with van der Waals surface area (Å²) < 4.78 is 44.7. The van der Waals surface area contributed by atoms with E-state index in [1.807, 2.05) is 0 Å². The fourth-order valence-electron chi connectivity index (χ4n) is 1.31. The number of alkyl halides is 3. The number of nitrogens with one attached hydrogen (secondary N) is 1. The predicted octanol–water partition coefficient (Wildman–Crippen LogP) is 3.33. The van der Waals surface area contributed by atoms with Crippen LogP contribution < -0.4 is 4.74 Å². The molecular weight excluding hydrogens is 223 g/mol. The summed E-state index contributed by atoms with van der Waals surface area (Å²) in [6, 6.07) is 5.20. The Morgan fingerprint density at radius 2 is 2.00 bits per heavy atom. The summed E-state index contributed by atoms with van der Waals surface area (Å²) in [6.07, 6.45) is -3.73. The maximum Gasteiger partial charge on any atom is 0.573 e. The van der Waals surface area contributed by atoms with Crippen molar-refractivity contribution in [1.82, 2.24) is 0 Å². The molecule has 0 fully saturated rings. The van der Waals surface area contributed by atoms with Crippen molar-refractivity contribution in [3.8, 4) is 5.75 Å². The van der Waals surface area contributed by atoms with E-state index in [-0.39, 0.29) is 11.5 Å². The van der Waals surface area contributed by atoms with Crippen LogP contribution >= 0.6 is 0 Å². The van der Waals surface area contributed by atoms with Crippen molar-refractivity contribution in [3.05, 3.63) is 30.0 Å². The van der Waals surface area contributed by atoms with Crippen molar-refractivity contribution in [2.75, 3.05) is 0 Å². The maximum absolute atomic E-state index is 11.9. The Bertz CT molecular complexity index is 530. The average molecular weight is 229 g/mol. The fourth-order valence-corrected chi connectivity index (χ4v) is 1.31. The second-order valence-electron chi connectivity index (χ2n) is 3.04. The van der Waals surface area contributed by atoms with E-state index in [9.17, 15) is 13.2 Å². The van der Waals surface area contributed by atoms with Gasteiger partial charge in [0.1, 0.15) is 17.1 Å². The normalized spacial score (nSPS) is 11.7. The van der Waals surface area contributed by atoms with Gasteiger partial charge in [-0.1, -0.05) is 0 Å². The van der Waals surface area contributed by atoms with Crippen LogP contribution in [-0.4, -0.2) is 12.6 Å². The van der Waals surface area contributed by atoms with Gasteiger partial charge in [-0.05, 0) is 24.3 Å². The first-order valence-corrected chi connectivity index (χ1v) is 4.28. The Kier molecular flexibility index (Phi) is 2.34. The van der Waals surface area contributed by atoms with Gasteiger partial charge in [0.2, 0.25) is 0 Å². The third kappa shape index (κ3) is 2.16. The van der Waals surface area contributed by atoms with E-state index in [1.165, 1.54) is 18.2 Å². The maximum atomic E-state index is 11.9. The molecule has 2 rings (SSSR count). The van der Waals surface area contributed by atoms with Crippen LogP contribution in [0.3, 0.4) is 0 Å². The predicted molar refractivity (Wildman–Crippen MR) is 50.8 cm³/mol. The van der Waals surface area contributed by atoms with Gasteiger partial charge in [0, 0.05) is 5.39 Å². The summed E-state index contributed by atoms with van der Waals surface area (Å²) in [6.45, 7) is 0. The minimum Gasteiger partial charge on any atom is -0.455 e. The smallest absolute Gasteiger partial charge is 0.455 e. The minimum absolute atomic E-state index is 0.277. The van der Waals surface area contributed by atoms with Crippen LogP contribution in [0, 0.1) is 5.41 Å². The van der Waals surface area contributed by atoms with E-state index < -0.39 is 6.36 Å². The molecule has 0 atom stereocenters. The molecule has 1 heterocycles. The summed E-state index contributed by atoms with van der Waals surface area (Å²) in [7, 11) is 0. The van der Waals surface area contributed by atoms with Crippen LogP contribution in [0.4, 0.5) is 13.2 Å². The number of hydrogen-bond acceptors (Lipinski definition) is 3. The van der Waals surface area contributed by atoms with Gasteiger partial charge >= 0.3 is 6.36 Å². The van der Waals surface area contributed by atoms with Gasteiger partial charge in [-0.3, -0.25) is 0 Å². The molecule has 1 aromatic heterocycles. The Balaban J connectivity index is 2.39. The zero-order valence-corrected chi connectivity index (χ0v) is 7.84. The monoisotopic (exact) mass is 229 g/mol. The molecule has 1 N–H and O–H groups in total. The van der Waals surface area contributed by atoms with Gasteiger partial charge in [0.15, 0.2) is 0 Å². The van der Waals surface area contributed by atoms with Crippen LogP contribution in [-0.2, 0) is 0 Å². The van der Waals surface area contributed by atoms with Crippen molar-refractivity contribution in [2.24, 2.45) is 0 Å². The number of halogens is 3. The van der Waals surface area contributed by atoms with E-state index in [2.05, 4.69) is 4.74 Å². The molecule has 0 bridgehead atoms.